The highest BCUT2D eigenvalue weighted by molar-refractivity contribution is 5.91. The highest BCUT2D eigenvalue weighted by Crippen LogP contribution is 2.32. The van der Waals surface area contributed by atoms with E-state index >= 15 is 0 Å². The number of hydrogen-bond donors (Lipinski definition) is 2. The number of hydrogen-bond acceptors (Lipinski definition) is 2. The van der Waals surface area contributed by atoms with Crippen molar-refractivity contribution in [3.63, 3.8) is 0 Å². The molecule has 0 aliphatic heterocycles. The van der Waals surface area contributed by atoms with Gasteiger partial charge in [-0.15, -0.1) is 0 Å². The van der Waals surface area contributed by atoms with E-state index in [4.69, 9.17) is 4.98 Å². The molecule has 2 aromatic carbocycles. The fourth-order valence-electron chi connectivity index (χ4n) is 4.70. The summed E-state index contributed by atoms with van der Waals surface area (Å²) in [6.07, 6.45) is 6.45. The van der Waals surface area contributed by atoms with E-state index in [1.165, 1.54) is 18.9 Å². The van der Waals surface area contributed by atoms with Crippen LogP contribution in [0.15, 0.2) is 54.6 Å². The molecule has 1 fully saturated rings. The fourth-order valence-corrected chi connectivity index (χ4v) is 4.70. The Hall–Kier alpha value is -3.21. The molecule has 1 amide bonds. The zero-order valence-electron chi connectivity index (χ0n) is 17.5. The molecule has 2 heterocycles. The maximum atomic E-state index is 14.0. The molecule has 1 aliphatic carbocycles. The lowest BCUT2D eigenvalue weighted by atomic mass is 10.0. The van der Waals surface area contributed by atoms with Gasteiger partial charge in [-0.2, -0.15) is 0 Å². The Labute approximate surface area is 180 Å². The number of aromatic nitrogens is 2. The number of rotatable bonds is 6. The summed E-state index contributed by atoms with van der Waals surface area (Å²) in [6, 6.07) is 17.2. The van der Waals surface area contributed by atoms with Gasteiger partial charge in [0.15, 0.2) is 0 Å². The summed E-state index contributed by atoms with van der Waals surface area (Å²) in [5.74, 6) is -0.145. The minimum atomic E-state index is -0.259. The number of halogens is 1. The summed E-state index contributed by atoms with van der Waals surface area (Å²) in [6.45, 7) is 0. The number of para-hydroxylation sites is 1. The molecule has 2 N–H and O–H groups in total. The van der Waals surface area contributed by atoms with Crippen molar-refractivity contribution in [2.75, 3.05) is 0 Å². The molecule has 0 radical (unpaired) electrons. The molecular formula is C26H26FN3O. The lowest BCUT2D eigenvalue weighted by molar-refractivity contribution is -0.121. The van der Waals surface area contributed by atoms with Gasteiger partial charge < -0.3 is 10.3 Å². The molecule has 31 heavy (non-hydrogen) atoms. The van der Waals surface area contributed by atoms with Gasteiger partial charge in [0.05, 0.1) is 16.9 Å². The Morgan fingerprint density at radius 2 is 1.94 bits per heavy atom. The average Bonchev–Trinajstić information content (AvgIpc) is 3.41. The Bertz CT molecular complexity index is 1240. The number of carbonyl (C=O) groups excluding carboxylic acids is 1. The number of aryl methyl sites for hydroxylation is 1. The van der Waals surface area contributed by atoms with Gasteiger partial charge in [-0.05, 0) is 61.6 Å². The second-order valence-corrected chi connectivity index (χ2v) is 8.46. The topological polar surface area (TPSA) is 57.8 Å². The van der Waals surface area contributed by atoms with E-state index in [-0.39, 0.29) is 11.7 Å². The zero-order valence-corrected chi connectivity index (χ0v) is 17.5. The molecule has 0 unspecified atom stereocenters. The molecule has 1 saturated carbocycles. The van der Waals surface area contributed by atoms with Crippen molar-refractivity contribution in [3.8, 4) is 11.4 Å². The number of fused-ring (bicyclic) bond motifs is 2. The number of amides is 1. The van der Waals surface area contributed by atoms with E-state index in [1.807, 2.05) is 30.3 Å². The predicted molar refractivity (Wildman–Crippen MR) is 122 cm³/mol. The van der Waals surface area contributed by atoms with Gasteiger partial charge in [0.2, 0.25) is 5.91 Å². The van der Waals surface area contributed by atoms with Crippen LogP contribution in [0, 0.1) is 5.82 Å². The highest BCUT2D eigenvalue weighted by Gasteiger charge is 2.18. The summed E-state index contributed by atoms with van der Waals surface area (Å²) in [5, 5.41) is 5.10. The molecule has 5 rings (SSSR count). The monoisotopic (exact) mass is 415 g/mol. The molecule has 4 aromatic rings. The summed E-state index contributed by atoms with van der Waals surface area (Å²) >= 11 is 0. The third kappa shape index (κ3) is 4.18. The summed E-state index contributed by atoms with van der Waals surface area (Å²) in [5.41, 5.74) is 4.57. The molecule has 0 spiro atoms. The van der Waals surface area contributed by atoms with Crippen LogP contribution in [0.4, 0.5) is 4.39 Å². The number of pyridine rings is 1. The first-order valence-electron chi connectivity index (χ1n) is 11.1. The van der Waals surface area contributed by atoms with Crippen molar-refractivity contribution in [2.24, 2.45) is 0 Å². The van der Waals surface area contributed by atoms with Crippen LogP contribution < -0.4 is 5.32 Å². The van der Waals surface area contributed by atoms with E-state index < -0.39 is 0 Å². The lowest BCUT2D eigenvalue weighted by Crippen LogP contribution is -2.32. The van der Waals surface area contributed by atoms with Crippen molar-refractivity contribution >= 4 is 27.7 Å². The van der Waals surface area contributed by atoms with Gasteiger partial charge in [-0.25, -0.2) is 9.37 Å². The maximum absolute atomic E-state index is 14.0. The van der Waals surface area contributed by atoms with Gasteiger partial charge in [0.25, 0.3) is 0 Å². The molecule has 0 saturated heterocycles. The molecule has 5 heteroatoms. The molecule has 4 nitrogen and oxygen atoms in total. The van der Waals surface area contributed by atoms with E-state index in [0.29, 0.717) is 25.3 Å². The van der Waals surface area contributed by atoms with E-state index in [9.17, 15) is 9.18 Å². The van der Waals surface area contributed by atoms with Crippen molar-refractivity contribution in [1.82, 2.24) is 15.3 Å². The Balaban J connectivity index is 1.42. The number of aromatic amines is 1. The third-order valence-electron chi connectivity index (χ3n) is 6.27. The number of benzene rings is 2. The lowest BCUT2D eigenvalue weighted by Gasteiger charge is -2.12. The van der Waals surface area contributed by atoms with Crippen LogP contribution in [0.3, 0.4) is 0 Å². The normalized spacial score (nSPS) is 14.5. The SMILES string of the molecule is O=C(CCCc1c(-c2ccc3ccccc3n2)[nH]c2ccc(F)cc12)NC1CCCC1. The summed E-state index contributed by atoms with van der Waals surface area (Å²) in [4.78, 5) is 20.6. The van der Waals surface area contributed by atoms with Gasteiger partial charge >= 0.3 is 0 Å². The van der Waals surface area contributed by atoms with Gasteiger partial charge in [0, 0.05) is 28.8 Å². The minimum Gasteiger partial charge on any atom is -0.353 e. The number of carbonyl (C=O) groups is 1. The predicted octanol–water partition coefficient (Wildman–Crippen LogP) is 5.90. The smallest absolute Gasteiger partial charge is 0.220 e. The van der Waals surface area contributed by atoms with Crippen LogP contribution in [0.1, 0.15) is 44.1 Å². The van der Waals surface area contributed by atoms with Gasteiger partial charge in [0.1, 0.15) is 5.82 Å². The zero-order chi connectivity index (χ0) is 21.2. The van der Waals surface area contributed by atoms with Crippen molar-refractivity contribution in [2.45, 2.75) is 51.0 Å². The maximum Gasteiger partial charge on any atom is 0.220 e. The standard InChI is InChI=1S/C26H26FN3O/c27-18-13-15-23-21(16-18)20(9-5-11-25(31)28-19-7-2-3-8-19)26(30-23)24-14-12-17-6-1-4-10-22(17)29-24/h1,4,6,10,12-16,19,30H,2-3,5,7-9,11H2,(H,28,31). The van der Waals surface area contributed by atoms with Crippen LogP contribution in [0.2, 0.25) is 0 Å². The fraction of sp³-hybridized carbons (Fsp3) is 0.308. The van der Waals surface area contributed by atoms with Gasteiger partial charge in [-0.1, -0.05) is 37.1 Å². The van der Waals surface area contributed by atoms with Crippen molar-refractivity contribution < 1.29 is 9.18 Å². The molecule has 158 valence electrons. The summed E-state index contributed by atoms with van der Waals surface area (Å²) in [7, 11) is 0. The van der Waals surface area contributed by atoms with Crippen LogP contribution in [-0.4, -0.2) is 21.9 Å². The quantitative estimate of drug-likeness (QED) is 0.412. The van der Waals surface area contributed by atoms with Crippen LogP contribution in [0.25, 0.3) is 33.2 Å². The molecule has 0 atom stereocenters. The van der Waals surface area contributed by atoms with E-state index in [0.717, 1.165) is 51.6 Å². The van der Waals surface area contributed by atoms with Crippen LogP contribution in [0.5, 0.6) is 0 Å². The number of H-pyrrole nitrogens is 1. The van der Waals surface area contributed by atoms with E-state index in [1.54, 1.807) is 12.1 Å². The van der Waals surface area contributed by atoms with Crippen molar-refractivity contribution in [3.05, 3.63) is 66.0 Å². The first-order chi connectivity index (χ1) is 15.2. The van der Waals surface area contributed by atoms with Crippen LogP contribution >= 0.6 is 0 Å². The Kier molecular flexibility index (Phi) is 5.41. The molecule has 0 bridgehead atoms. The number of nitrogens with zero attached hydrogens (tertiary/aromatic N) is 1. The van der Waals surface area contributed by atoms with E-state index in [2.05, 4.69) is 16.4 Å². The summed E-state index contributed by atoms with van der Waals surface area (Å²) < 4.78 is 14.0. The first-order valence-corrected chi connectivity index (χ1v) is 11.1. The van der Waals surface area contributed by atoms with Crippen molar-refractivity contribution in [1.29, 1.82) is 0 Å². The number of nitrogens with one attached hydrogen (secondary N) is 2. The third-order valence-corrected chi connectivity index (χ3v) is 6.27. The average molecular weight is 416 g/mol. The second kappa shape index (κ2) is 8.50. The molecule has 1 aliphatic rings. The highest BCUT2D eigenvalue weighted by atomic mass is 19.1. The Morgan fingerprint density at radius 1 is 1.10 bits per heavy atom. The molecular weight excluding hydrogens is 389 g/mol. The minimum absolute atomic E-state index is 0.114. The molecule has 2 aromatic heterocycles. The Morgan fingerprint density at radius 3 is 2.81 bits per heavy atom. The first kappa shape index (κ1) is 19.7. The van der Waals surface area contributed by atoms with Gasteiger partial charge in [-0.3, -0.25) is 4.79 Å². The second-order valence-electron chi connectivity index (χ2n) is 8.46. The van der Waals surface area contributed by atoms with Crippen LogP contribution in [-0.2, 0) is 11.2 Å². The largest absolute Gasteiger partial charge is 0.353 e.